The van der Waals surface area contributed by atoms with E-state index in [0.29, 0.717) is 23.2 Å². The van der Waals surface area contributed by atoms with Crippen LogP contribution in [0.3, 0.4) is 0 Å². The molecule has 0 aliphatic carbocycles. The third kappa shape index (κ3) is 6.42. The van der Waals surface area contributed by atoms with Gasteiger partial charge in [-0.1, -0.05) is 74.8 Å². The summed E-state index contributed by atoms with van der Waals surface area (Å²) in [6.07, 6.45) is 1.93. The highest BCUT2D eigenvalue weighted by atomic mass is 32.2. The molecule has 3 aromatic rings. The predicted molar refractivity (Wildman–Crippen MR) is 147 cm³/mol. The maximum absolute atomic E-state index is 13.5. The number of nitrogens with zero attached hydrogens (tertiary/aromatic N) is 3. The van der Waals surface area contributed by atoms with Gasteiger partial charge in [-0.2, -0.15) is 0 Å². The first-order chi connectivity index (χ1) is 18.0. The van der Waals surface area contributed by atoms with Crippen LogP contribution in [-0.2, 0) is 26.2 Å². The Morgan fingerprint density at radius 1 is 1.08 bits per heavy atom. The van der Waals surface area contributed by atoms with Crippen LogP contribution < -0.4 is 10.0 Å². The van der Waals surface area contributed by atoms with Crippen molar-refractivity contribution in [2.75, 3.05) is 11.4 Å². The van der Waals surface area contributed by atoms with E-state index in [1.807, 2.05) is 45.0 Å². The van der Waals surface area contributed by atoms with Crippen molar-refractivity contribution in [1.29, 1.82) is 0 Å². The number of hydrogen-bond donors (Lipinski definition) is 1. The topological polar surface area (TPSA) is 127 Å². The number of carbonyl (C=O) groups excluding carboxylic acids is 2. The zero-order valence-electron chi connectivity index (χ0n) is 22.5. The minimum atomic E-state index is -3.94. The van der Waals surface area contributed by atoms with Crippen LogP contribution in [0.5, 0.6) is 0 Å². The monoisotopic (exact) mass is 540 g/mol. The first-order valence-electron chi connectivity index (χ1n) is 12.7. The molecule has 10 heteroatoms. The van der Waals surface area contributed by atoms with Crippen molar-refractivity contribution in [3.05, 3.63) is 65.9 Å². The van der Waals surface area contributed by atoms with Crippen LogP contribution in [0.15, 0.2) is 64.0 Å². The van der Waals surface area contributed by atoms with Gasteiger partial charge in [-0.15, -0.1) is 0 Å². The lowest BCUT2D eigenvalue weighted by molar-refractivity contribution is -0.141. The number of sulfonamides is 1. The standard InChI is InChI=1S/C28H36N4O5S/c1-6-7-12-25(33)32(27(19(2)3)28(29)34)18-21-13-15-22(16-14-21)23-10-8-9-11-24(23)38(35,36)31(5)26-17-20(4)30-37-26/h8-11,13-17,19,27H,6-7,12,18H2,1-5H3,(H2,29,34)/t27-/m0/s1. The van der Waals surface area contributed by atoms with Crippen molar-refractivity contribution < 1.29 is 22.5 Å². The van der Waals surface area contributed by atoms with Gasteiger partial charge in [0.1, 0.15) is 6.04 Å². The Labute approximate surface area is 224 Å². The van der Waals surface area contributed by atoms with Crippen molar-refractivity contribution in [3.8, 4) is 11.1 Å². The molecule has 2 amide bonds. The number of nitrogens with two attached hydrogens (primary N) is 1. The number of anilines is 1. The summed E-state index contributed by atoms with van der Waals surface area (Å²) in [5.74, 6) is -0.670. The predicted octanol–water partition coefficient (Wildman–Crippen LogP) is 4.50. The summed E-state index contributed by atoms with van der Waals surface area (Å²) in [6, 6.07) is 14.9. The molecule has 0 aliphatic rings. The average molecular weight is 541 g/mol. The number of rotatable bonds is 12. The van der Waals surface area contributed by atoms with Gasteiger partial charge >= 0.3 is 0 Å². The van der Waals surface area contributed by atoms with Crippen LogP contribution in [0, 0.1) is 12.8 Å². The van der Waals surface area contributed by atoms with E-state index in [-0.39, 0.29) is 29.1 Å². The molecule has 2 aromatic carbocycles. The summed E-state index contributed by atoms with van der Waals surface area (Å²) in [7, 11) is -2.52. The van der Waals surface area contributed by atoms with E-state index < -0.39 is 22.0 Å². The Balaban J connectivity index is 1.93. The van der Waals surface area contributed by atoms with Gasteiger partial charge in [0.05, 0.1) is 10.6 Å². The van der Waals surface area contributed by atoms with Gasteiger partial charge in [0.2, 0.25) is 17.7 Å². The third-order valence-corrected chi connectivity index (χ3v) is 8.21. The van der Waals surface area contributed by atoms with Crippen molar-refractivity contribution in [1.82, 2.24) is 10.1 Å². The Bertz CT molecular complexity index is 1370. The highest BCUT2D eigenvalue weighted by Gasteiger charge is 2.31. The van der Waals surface area contributed by atoms with Crippen LogP contribution in [0.4, 0.5) is 5.88 Å². The Kier molecular flexibility index (Phi) is 9.32. The Morgan fingerprint density at radius 3 is 2.29 bits per heavy atom. The molecule has 1 heterocycles. The molecule has 0 unspecified atom stereocenters. The van der Waals surface area contributed by atoms with Crippen molar-refractivity contribution >= 4 is 27.7 Å². The fourth-order valence-corrected chi connectivity index (χ4v) is 5.67. The van der Waals surface area contributed by atoms with Gasteiger partial charge in [0.15, 0.2) is 0 Å². The molecule has 0 spiro atoms. The van der Waals surface area contributed by atoms with E-state index in [4.69, 9.17) is 10.3 Å². The number of benzene rings is 2. The summed E-state index contributed by atoms with van der Waals surface area (Å²) in [6.45, 7) is 7.68. The van der Waals surface area contributed by atoms with Crippen molar-refractivity contribution in [3.63, 3.8) is 0 Å². The van der Waals surface area contributed by atoms with Gasteiger partial charge in [-0.3, -0.25) is 9.59 Å². The van der Waals surface area contributed by atoms with Crippen molar-refractivity contribution in [2.45, 2.75) is 64.4 Å². The lowest BCUT2D eigenvalue weighted by Gasteiger charge is -2.32. The van der Waals surface area contributed by atoms with Crippen molar-refractivity contribution in [2.24, 2.45) is 11.7 Å². The average Bonchev–Trinajstić information content (AvgIpc) is 3.32. The molecule has 1 atom stereocenters. The lowest BCUT2D eigenvalue weighted by Crippen LogP contribution is -2.50. The first kappa shape index (κ1) is 28.9. The second-order valence-corrected chi connectivity index (χ2v) is 11.6. The number of amides is 2. The van der Waals surface area contributed by atoms with E-state index in [1.54, 1.807) is 42.2 Å². The molecule has 0 saturated carbocycles. The number of aryl methyl sites for hydroxylation is 1. The first-order valence-corrected chi connectivity index (χ1v) is 14.1. The Hall–Kier alpha value is -3.66. The number of primary amides is 1. The molecule has 0 fully saturated rings. The number of carbonyl (C=O) groups is 2. The quantitative estimate of drug-likeness (QED) is 0.360. The maximum Gasteiger partial charge on any atom is 0.267 e. The van der Waals surface area contributed by atoms with E-state index in [0.717, 1.165) is 22.7 Å². The minimum absolute atomic E-state index is 0.115. The second-order valence-electron chi connectivity index (χ2n) is 9.69. The van der Waals surface area contributed by atoms with Gasteiger partial charge < -0.3 is 15.2 Å². The molecule has 0 bridgehead atoms. The zero-order valence-corrected chi connectivity index (χ0v) is 23.4. The molecule has 9 nitrogen and oxygen atoms in total. The fraction of sp³-hybridized carbons (Fsp3) is 0.393. The SMILES string of the molecule is CCCCC(=O)N(Cc1ccc(-c2ccccc2S(=O)(=O)N(C)c2cc(C)no2)cc1)[C@H](C(N)=O)C(C)C. The number of aromatic nitrogens is 1. The van der Waals surface area contributed by atoms with Crippen LogP contribution in [-0.4, -0.2) is 43.4 Å². The lowest BCUT2D eigenvalue weighted by atomic mass is 9.99. The van der Waals surface area contributed by atoms with E-state index in [2.05, 4.69) is 5.16 Å². The van der Waals surface area contributed by atoms with E-state index >= 15 is 0 Å². The molecule has 2 N–H and O–H groups in total. The maximum atomic E-state index is 13.5. The largest absolute Gasteiger partial charge is 0.368 e. The fourth-order valence-electron chi connectivity index (χ4n) is 4.34. The highest BCUT2D eigenvalue weighted by Crippen LogP contribution is 2.31. The van der Waals surface area contributed by atoms with Crippen LogP contribution in [0.2, 0.25) is 0 Å². The molecular weight excluding hydrogens is 504 g/mol. The van der Waals surface area contributed by atoms with Gasteiger partial charge in [0, 0.05) is 31.6 Å². The van der Waals surface area contributed by atoms with Crippen LogP contribution in [0.1, 0.15) is 51.3 Å². The third-order valence-electron chi connectivity index (χ3n) is 6.39. The number of unbranched alkanes of at least 4 members (excludes halogenated alkanes) is 1. The summed E-state index contributed by atoms with van der Waals surface area (Å²) in [5, 5.41) is 3.78. The summed E-state index contributed by atoms with van der Waals surface area (Å²) in [5.41, 5.74) is 8.27. The summed E-state index contributed by atoms with van der Waals surface area (Å²) in [4.78, 5) is 26.9. The number of hydrogen-bond acceptors (Lipinski definition) is 6. The normalized spacial score (nSPS) is 12.4. The van der Waals surface area contributed by atoms with Gasteiger partial charge in [-0.25, -0.2) is 12.7 Å². The van der Waals surface area contributed by atoms with E-state index in [9.17, 15) is 18.0 Å². The molecule has 3 rings (SSSR count). The molecule has 0 aliphatic heterocycles. The Morgan fingerprint density at radius 2 is 1.74 bits per heavy atom. The molecule has 204 valence electrons. The van der Waals surface area contributed by atoms with Gasteiger partial charge in [0.25, 0.3) is 10.0 Å². The molecule has 0 saturated heterocycles. The zero-order chi connectivity index (χ0) is 28.0. The highest BCUT2D eigenvalue weighted by molar-refractivity contribution is 7.93. The van der Waals surface area contributed by atoms with Crippen LogP contribution in [0.25, 0.3) is 11.1 Å². The second kappa shape index (κ2) is 12.3. The molecule has 0 radical (unpaired) electrons. The van der Waals surface area contributed by atoms with E-state index in [1.165, 1.54) is 7.05 Å². The van der Waals surface area contributed by atoms with Gasteiger partial charge in [-0.05, 0) is 36.5 Å². The summed E-state index contributed by atoms with van der Waals surface area (Å²) < 4.78 is 33.2. The summed E-state index contributed by atoms with van der Waals surface area (Å²) >= 11 is 0. The molecule has 1 aromatic heterocycles. The minimum Gasteiger partial charge on any atom is -0.368 e. The molecular formula is C28H36N4O5S. The smallest absolute Gasteiger partial charge is 0.267 e. The van der Waals surface area contributed by atoms with Crippen LogP contribution >= 0.6 is 0 Å². The molecule has 38 heavy (non-hydrogen) atoms.